The van der Waals surface area contributed by atoms with Crippen molar-refractivity contribution in [2.45, 2.75) is 11.3 Å². The minimum atomic E-state index is 0.613. The molecule has 0 aromatic heterocycles. The van der Waals surface area contributed by atoms with Crippen LogP contribution in [0.4, 0.5) is 5.69 Å². The van der Waals surface area contributed by atoms with Crippen LogP contribution in [0.25, 0.3) is 0 Å². The molecule has 0 radical (unpaired) electrons. The van der Waals surface area contributed by atoms with Crippen molar-refractivity contribution in [1.29, 1.82) is 0 Å². The van der Waals surface area contributed by atoms with Crippen molar-refractivity contribution >= 4 is 46.4 Å². The molecular weight excluding hydrogens is 348 g/mol. The molecule has 6 heteroatoms. The Morgan fingerprint density at radius 2 is 2.00 bits per heavy atom. The number of methoxy groups -OCH3 is 1. The lowest BCUT2D eigenvalue weighted by molar-refractivity contribution is 0.414. The zero-order chi connectivity index (χ0) is 16.5. The van der Waals surface area contributed by atoms with Gasteiger partial charge >= 0.3 is 0 Å². The molecule has 0 amide bonds. The lowest BCUT2D eigenvalue weighted by Crippen LogP contribution is -2.29. The van der Waals surface area contributed by atoms with E-state index in [1.54, 1.807) is 7.11 Å². The lowest BCUT2D eigenvalue weighted by atomic mass is 10.3. The number of ether oxygens (including phenoxy) is 1. The van der Waals surface area contributed by atoms with Gasteiger partial charge in [0.1, 0.15) is 5.75 Å². The second-order valence-corrected chi connectivity index (χ2v) is 6.78. The van der Waals surface area contributed by atoms with E-state index < -0.39 is 0 Å². The molecule has 122 valence electrons. The van der Waals surface area contributed by atoms with Gasteiger partial charge < -0.3 is 15.4 Å². The molecule has 0 aliphatic heterocycles. The smallest absolute Gasteiger partial charge is 0.170 e. The highest BCUT2D eigenvalue weighted by Crippen LogP contribution is 2.21. The molecule has 0 saturated heterocycles. The predicted molar refractivity (Wildman–Crippen MR) is 104 cm³/mol. The van der Waals surface area contributed by atoms with Gasteiger partial charge in [-0.3, -0.25) is 0 Å². The van der Waals surface area contributed by atoms with Crippen LogP contribution in [0.15, 0.2) is 53.4 Å². The topological polar surface area (TPSA) is 33.3 Å². The number of hydrogen-bond acceptors (Lipinski definition) is 3. The van der Waals surface area contributed by atoms with Gasteiger partial charge in [-0.1, -0.05) is 17.7 Å². The minimum absolute atomic E-state index is 0.613. The van der Waals surface area contributed by atoms with E-state index in [0.717, 1.165) is 30.2 Å². The van der Waals surface area contributed by atoms with Gasteiger partial charge in [0.25, 0.3) is 0 Å². The first-order chi connectivity index (χ1) is 11.2. The Labute approximate surface area is 151 Å². The number of thioether (sulfide) groups is 1. The molecule has 2 rings (SSSR count). The van der Waals surface area contributed by atoms with E-state index >= 15 is 0 Å². The van der Waals surface area contributed by atoms with Gasteiger partial charge in [-0.15, -0.1) is 11.8 Å². The third kappa shape index (κ3) is 6.69. The van der Waals surface area contributed by atoms with Crippen molar-refractivity contribution in [3.8, 4) is 5.75 Å². The quantitative estimate of drug-likeness (QED) is 0.417. The van der Waals surface area contributed by atoms with Crippen LogP contribution < -0.4 is 15.4 Å². The van der Waals surface area contributed by atoms with Gasteiger partial charge in [0, 0.05) is 22.2 Å². The zero-order valence-corrected chi connectivity index (χ0v) is 15.2. The number of anilines is 1. The van der Waals surface area contributed by atoms with Crippen LogP contribution in [-0.4, -0.2) is 24.5 Å². The highest BCUT2D eigenvalue weighted by molar-refractivity contribution is 7.99. The lowest BCUT2D eigenvalue weighted by Gasteiger charge is -2.10. The van der Waals surface area contributed by atoms with Gasteiger partial charge in [-0.2, -0.15) is 0 Å². The van der Waals surface area contributed by atoms with Gasteiger partial charge in [-0.05, 0) is 66.9 Å². The molecule has 0 spiro atoms. The maximum absolute atomic E-state index is 5.94. The first kappa shape index (κ1) is 17.9. The number of thiocarbonyl (C=S) groups is 1. The molecular formula is C17H19ClN2OS2. The summed E-state index contributed by atoms with van der Waals surface area (Å²) in [7, 11) is 1.67. The number of halogens is 1. The molecule has 2 N–H and O–H groups in total. The van der Waals surface area contributed by atoms with Gasteiger partial charge in [0.05, 0.1) is 7.11 Å². The van der Waals surface area contributed by atoms with Crippen LogP contribution in [0.1, 0.15) is 6.42 Å². The summed E-state index contributed by atoms with van der Waals surface area (Å²) in [6, 6.07) is 15.6. The summed E-state index contributed by atoms with van der Waals surface area (Å²) in [5.74, 6) is 1.91. The molecule has 0 unspecified atom stereocenters. The number of nitrogens with one attached hydrogen (secondary N) is 2. The first-order valence-corrected chi connectivity index (χ1v) is 9.02. The molecule has 0 bridgehead atoms. The molecule has 0 heterocycles. The first-order valence-electron chi connectivity index (χ1n) is 7.24. The second kappa shape index (κ2) is 9.65. The molecule has 0 atom stereocenters. The largest absolute Gasteiger partial charge is 0.497 e. The Bertz CT molecular complexity index is 635. The fourth-order valence-corrected chi connectivity index (χ4v) is 3.14. The third-order valence-corrected chi connectivity index (χ3v) is 4.60. The minimum Gasteiger partial charge on any atom is -0.497 e. The summed E-state index contributed by atoms with van der Waals surface area (Å²) in [6.45, 7) is 0.829. The highest BCUT2D eigenvalue weighted by atomic mass is 35.5. The Kier molecular flexibility index (Phi) is 7.52. The number of rotatable bonds is 7. The molecule has 3 nitrogen and oxygen atoms in total. The van der Waals surface area contributed by atoms with Crippen LogP contribution >= 0.6 is 35.6 Å². The second-order valence-electron chi connectivity index (χ2n) is 4.77. The normalized spacial score (nSPS) is 10.2. The number of hydrogen-bond donors (Lipinski definition) is 2. The summed E-state index contributed by atoms with van der Waals surface area (Å²) in [5, 5.41) is 7.62. The van der Waals surface area contributed by atoms with E-state index in [0.29, 0.717) is 10.1 Å². The van der Waals surface area contributed by atoms with Crippen LogP contribution in [-0.2, 0) is 0 Å². The van der Waals surface area contributed by atoms with Crippen molar-refractivity contribution in [3.63, 3.8) is 0 Å². The van der Waals surface area contributed by atoms with Crippen molar-refractivity contribution < 1.29 is 4.74 Å². The average molecular weight is 367 g/mol. The van der Waals surface area contributed by atoms with E-state index in [4.69, 9.17) is 28.6 Å². The predicted octanol–water partition coefficient (Wildman–Crippen LogP) is 4.82. The van der Waals surface area contributed by atoms with Crippen LogP contribution in [0.3, 0.4) is 0 Å². The van der Waals surface area contributed by atoms with E-state index in [1.165, 1.54) is 4.90 Å². The zero-order valence-electron chi connectivity index (χ0n) is 12.8. The van der Waals surface area contributed by atoms with Gasteiger partial charge in [0.2, 0.25) is 0 Å². The average Bonchev–Trinajstić information content (AvgIpc) is 2.55. The third-order valence-electron chi connectivity index (χ3n) is 3.02. The maximum atomic E-state index is 5.94. The molecule has 0 fully saturated rings. The fourth-order valence-electron chi connectivity index (χ4n) is 1.88. The molecule has 0 saturated carbocycles. The van der Waals surface area contributed by atoms with Crippen molar-refractivity contribution in [3.05, 3.63) is 53.6 Å². The van der Waals surface area contributed by atoms with Gasteiger partial charge in [-0.25, -0.2) is 0 Å². The summed E-state index contributed by atoms with van der Waals surface area (Å²) in [4.78, 5) is 1.24. The number of benzene rings is 2. The maximum Gasteiger partial charge on any atom is 0.170 e. The Balaban J connectivity index is 1.62. The van der Waals surface area contributed by atoms with Crippen LogP contribution in [0.5, 0.6) is 5.75 Å². The Hall–Kier alpha value is -1.43. The van der Waals surface area contributed by atoms with E-state index in [1.807, 2.05) is 48.2 Å². The standard InChI is InChI=1S/C17H19ClN2OS2/c1-21-15-6-8-16(9-7-15)23-11-3-10-19-17(22)20-14-5-2-4-13(18)12-14/h2,4-9,12H,3,10-11H2,1H3,(H2,19,20,22). The molecule has 0 aliphatic carbocycles. The SMILES string of the molecule is COc1ccc(SCCCNC(=S)Nc2cccc(Cl)c2)cc1. The van der Waals surface area contributed by atoms with Crippen molar-refractivity contribution in [1.82, 2.24) is 5.32 Å². The van der Waals surface area contributed by atoms with Crippen LogP contribution in [0, 0.1) is 0 Å². The Morgan fingerprint density at radius 3 is 2.70 bits per heavy atom. The molecule has 2 aromatic carbocycles. The summed E-state index contributed by atoms with van der Waals surface area (Å²) < 4.78 is 5.15. The molecule has 2 aromatic rings. The Morgan fingerprint density at radius 1 is 1.22 bits per heavy atom. The van der Waals surface area contributed by atoms with E-state index in [2.05, 4.69) is 22.8 Å². The van der Waals surface area contributed by atoms with Crippen molar-refractivity contribution in [2.75, 3.05) is 24.7 Å². The van der Waals surface area contributed by atoms with Crippen molar-refractivity contribution in [2.24, 2.45) is 0 Å². The fraction of sp³-hybridized carbons (Fsp3) is 0.235. The van der Waals surface area contributed by atoms with E-state index in [9.17, 15) is 0 Å². The highest BCUT2D eigenvalue weighted by Gasteiger charge is 1.99. The summed E-state index contributed by atoms with van der Waals surface area (Å²) in [6.07, 6.45) is 1.02. The molecule has 23 heavy (non-hydrogen) atoms. The summed E-state index contributed by atoms with van der Waals surface area (Å²) >= 11 is 13.0. The van der Waals surface area contributed by atoms with Gasteiger partial charge in [0.15, 0.2) is 5.11 Å². The van der Waals surface area contributed by atoms with Crippen LogP contribution in [0.2, 0.25) is 5.02 Å². The monoisotopic (exact) mass is 366 g/mol. The molecule has 0 aliphatic rings. The summed E-state index contributed by atoms with van der Waals surface area (Å²) in [5.41, 5.74) is 0.891. The van der Waals surface area contributed by atoms with E-state index in [-0.39, 0.29) is 0 Å².